The van der Waals surface area contributed by atoms with Gasteiger partial charge in [-0.3, -0.25) is 0 Å². The van der Waals surface area contributed by atoms with E-state index in [-0.39, 0.29) is 17.9 Å². The zero-order valence-corrected chi connectivity index (χ0v) is 14.0. The highest BCUT2D eigenvalue weighted by atomic mass is 79.9. The number of hydrogen-bond acceptors (Lipinski definition) is 4. The van der Waals surface area contributed by atoms with Crippen molar-refractivity contribution < 1.29 is 18.3 Å². The summed E-state index contributed by atoms with van der Waals surface area (Å²) in [5.41, 5.74) is 0.514. The SMILES string of the molecule is O=C(O)c1cccc(CS(=O)(=O)NCc2cc(Br)cs2)c1. The zero-order chi connectivity index (χ0) is 15.5. The molecule has 0 radical (unpaired) electrons. The molecule has 0 aliphatic rings. The standard InChI is InChI=1S/C13H12BrNO4S2/c14-11-5-12(20-7-11)6-15-21(18,19)8-9-2-1-3-10(4-9)13(16)17/h1-5,7,15H,6,8H2,(H,16,17). The van der Waals surface area contributed by atoms with Gasteiger partial charge >= 0.3 is 5.97 Å². The van der Waals surface area contributed by atoms with Crippen molar-refractivity contribution in [3.63, 3.8) is 0 Å². The Morgan fingerprint density at radius 1 is 1.33 bits per heavy atom. The van der Waals surface area contributed by atoms with Crippen LogP contribution in [0.25, 0.3) is 0 Å². The van der Waals surface area contributed by atoms with Gasteiger partial charge < -0.3 is 5.11 Å². The first-order chi connectivity index (χ1) is 9.85. The highest BCUT2D eigenvalue weighted by Crippen LogP contribution is 2.19. The molecule has 2 N–H and O–H groups in total. The number of carboxylic acid groups (broad SMARTS) is 1. The summed E-state index contributed by atoms with van der Waals surface area (Å²) in [6.45, 7) is 0.219. The van der Waals surface area contributed by atoms with Gasteiger partial charge in [0, 0.05) is 21.3 Å². The number of carboxylic acids is 1. The van der Waals surface area contributed by atoms with Gasteiger partial charge in [-0.25, -0.2) is 17.9 Å². The lowest BCUT2D eigenvalue weighted by molar-refractivity contribution is 0.0696. The molecule has 0 bridgehead atoms. The van der Waals surface area contributed by atoms with E-state index in [1.165, 1.54) is 29.5 Å². The summed E-state index contributed by atoms with van der Waals surface area (Å²) in [6, 6.07) is 7.76. The molecule has 1 aromatic carbocycles. The summed E-state index contributed by atoms with van der Waals surface area (Å²) >= 11 is 4.76. The quantitative estimate of drug-likeness (QED) is 0.795. The minimum absolute atomic E-state index is 0.0740. The Bertz CT molecular complexity index is 755. The molecule has 0 aliphatic carbocycles. The molecule has 1 heterocycles. The van der Waals surface area contributed by atoms with Crippen LogP contribution < -0.4 is 4.72 Å². The number of hydrogen-bond donors (Lipinski definition) is 2. The molecule has 21 heavy (non-hydrogen) atoms. The van der Waals surface area contributed by atoms with Crippen LogP contribution in [0.2, 0.25) is 0 Å². The molecule has 2 rings (SSSR count). The van der Waals surface area contributed by atoms with E-state index in [0.717, 1.165) is 9.35 Å². The summed E-state index contributed by atoms with van der Waals surface area (Å²) in [5, 5.41) is 10.8. The third-order valence-corrected chi connectivity index (χ3v) is 5.61. The summed E-state index contributed by atoms with van der Waals surface area (Å²) in [4.78, 5) is 11.8. The highest BCUT2D eigenvalue weighted by molar-refractivity contribution is 9.10. The monoisotopic (exact) mass is 389 g/mol. The minimum atomic E-state index is -3.52. The van der Waals surface area contributed by atoms with Crippen molar-refractivity contribution in [1.29, 1.82) is 0 Å². The Labute approximate surface area is 134 Å². The first kappa shape index (κ1) is 16.2. The molecule has 0 atom stereocenters. The van der Waals surface area contributed by atoms with E-state index < -0.39 is 16.0 Å². The summed E-state index contributed by atoms with van der Waals surface area (Å²) in [6.07, 6.45) is 0. The molecule has 0 fully saturated rings. The molecule has 5 nitrogen and oxygen atoms in total. The van der Waals surface area contributed by atoms with Crippen LogP contribution >= 0.6 is 27.3 Å². The number of aromatic carboxylic acids is 1. The molecule has 2 aromatic rings. The minimum Gasteiger partial charge on any atom is -0.478 e. The molecule has 1 aromatic heterocycles. The fourth-order valence-corrected chi connectivity index (χ4v) is 4.27. The molecular formula is C13H12BrNO4S2. The number of nitrogens with one attached hydrogen (secondary N) is 1. The molecule has 112 valence electrons. The van der Waals surface area contributed by atoms with Gasteiger partial charge in [0.15, 0.2) is 0 Å². The van der Waals surface area contributed by atoms with Gasteiger partial charge in [0.05, 0.1) is 11.3 Å². The second-order valence-electron chi connectivity index (χ2n) is 4.32. The van der Waals surface area contributed by atoms with Gasteiger partial charge in [-0.2, -0.15) is 0 Å². The van der Waals surface area contributed by atoms with Crippen LogP contribution in [0.15, 0.2) is 40.2 Å². The van der Waals surface area contributed by atoms with Crippen LogP contribution in [-0.4, -0.2) is 19.5 Å². The Kier molecular flexibility index (Phi) is 5.15. The van der Waals surface area contributed by atoms with Crippen LogP contribution in [0.5, 0.6) is 0 Å². The largest absolute Gasteiger partial charge is 0.478 e. The Morgan fingerprint density at radius 3 is 2.71 bits per heavy atom. The number of rotatable bonds is 6. The van der Waals surface area contributed by atoms with Crippen molar-refractivity contribution in [1.82, 2.24) is 4.72 Å². The molecule has 0 saturated heterocycles. The van der Waals surface area contributed by atoms with Crippen LogP contribution in [0.1, 0.15) is 20.8 Å². The fourth-order valence-electron chi connectivity index (χ4n) is 1.69. The van der Waals surface area contributed by atoms with Gasteiger partial charge in [0.1, 0.15) is 0 Å². The van der Waals surface area contributed by atoms with Crippen molar-refractivity contribution in [3.05, 3.63) is 56.2 Å². The Morgan fingerprint density at radius 2 is 2.10 bits per heavy atom. The average molecular weight is 390 g/mol. The van der Waals surface area contributed by atoms with E-state index in [1.807, 2.05) is 11.4 Å². The number of thiophene rings is 1. The number of halogens is 1. The number of sulfonamides is 1. The van der Waals surface area contributed by atoms with E-state index in [4.69, 9.17) is 5.11 Å². The first-order valence-electron chi connectivity index (χ1n) is 5.88. The predicted molar refractivity (Wildman–Crippen MR) is 84.9 cm³/mol. The van der Waals surface area contributed by atoms with E-state index in [0.29, 0.717) is 5.56 Å². The van der Waals surface area contributed by atoms with Crippen molar-refractivity contribution in [2.24, 2.45) is 0 Å². The highest BCUT2D eigenvalue weighted by Gasteiger charge is 2.13. The maximum Gasteiger partial charge on any atom is 0.335 e. The number of benzene rings is 1. The van der Waals surface area contributed by atoms with E-state index in [1.54, 1.807) is 6.07 Å². The Balaban J connectivity index is 2.03. The molecule has 0 saturated carbocycles. The number of carbonyl (C=O) groups is 1. The van der Waals surface area contributed by atoms with Crippen LogP contribution in [0.4, 0.5) is 0 Å². The van der Waals surface area contributed by atoms with E-state index >= 15 is 0 Å². The summed E-state index contributed by atoms with van der Waals surface area (Å²) in [5.74, 6) is -1.33. The smallest absolute Gasteiger partial charge is 0.335 e. The molecule has 8 heteroatoms. The normalized spacial score (nSPS) is 11.5. The van der Waals surface area contributed by atoms with Gasteiger partial charge in [-0.1, -0.05) is 12.1 Å². The zero-order valence-electron chi connectivity index (χ0n) is 10.7. The lowest BCUT2D eigenvalue weighted by atomic mass is 10.1. The van der Waals surface area contributed by atoms with Crippen LogP contribution in [-0.2, 0) is 22.3 Å². The second kappa shape index (κ2) is 6.69. The summed E-state index contributed by atoms with van der Waals surface area (Å²) < 4.78 is 27.4. The van der Waals surface area contributed by atoms with Crippen molar-refractivity contribution >= 4 is 43.3 Å². The van der Waals surface area contributed by atoms with Crippen LogP contribution in [0, 0.1) is 0 Å². The molecule has 0 unspecified atom stereocenters. The van der Waals surface area contributed by atoms with Gasteiger partial charge in [0.2, 0.25) is 10.0 Å². The van der Waals surface area contributed by atoms with Gasteiger partial charge in [0.25, 0.3) is 0 Å². The van der Waals surface area contributed by atoms with Crippen LogP contribution in [0.3, 0.4) is 0 Å². The van der Waals surface area contributed by atoms with Gasteiger partial charge in [-0.05, 0) is 39.7 Å². The van der Waals surface area contributed by atoms with Crippen molar-refractivity contribution in [2.75, 3.05) is 0 Å². The van der Waals surface area contributed by atoms with E-state index in [2.05, 4.69) is 20.7 Å². The van der Waals surface area contributed by atoms with Gasteiger partial charge in [-0.15, -0.1) is 11.3 Å². The third kappa shape index (κ3) is 4.92. The predicted octanol–water partition coefficient (Wildman–Crippen LogP) is 2.83. The third-order valence-electron chi connectivity index (χ3n) is 2.62. The second-order valence-corrected chi connectivity index (χ2v) is 8.04. The fraction of sp³-hybridized carbons (Fsp3) is 0.154. The lowest BCUT2D eigenvalue weighted by Crippen LogP contribution is -2.24. The molecule has 0 amide bonds. The average Bonchev–Trinajstić information content (AvgIpc) is 2.82. The topological polar surface area (TPSA) is 83.5 Å². The molecular weight excluding hydrogens is 378 g/mol. The Hall–Kier alpha value is -1.22. The maximum atomic E-state index is 12.0. The van der Waals surface area contributed by atoms with E-state index in [9.17, 15) is 13.2 Å². The summed E-state index contributed by atoms with van der Waals surface area (Å²) in [7, 11) is -3.52. The maximum absolute atomic E-state index is 12.0. The van der Waals surface area contributed by atoms with Crippen molar-refractivity contribution in [2.45, 2.75) is 12.3 Å². The molecule has 0 spiro atoms. The molecule has 0 aliphatic heterocycles. The first-order valence-corrected chi connectivity index (χ1v) is 9.21. The van der Waals surface area contributed by atoms with Crippen molar-refractivity contribution in [3.8, 4) is 0 Å². The lowest BCUT2D eigenvalue weighted by Gasteiger charge is -2.06.